The third-order valence-corrected chi connectivity index (χ3v) is 2.66. The Bertz CT molecular complexity index is 480. The van der Waals surface area contributed by atoms with Crippen LogP contribution in [0, 0.1) is 0 Å². The van der Waals surface area contributed by atoms with Crippen LogP contribution in [0.2, 0.25) is 0 Å². The summed E-state index contributed by atoms with van der Waals surface area (Å²) < 4.78 is 7.33. The molecule has 0 saturated carbocycles. The zero-order valence-electron chi connectivity index (χ0n) is 8.39. The topological polar surface area (TPSA) is 26.5 Å². The van der Waals surface area contributed by atoms with E-state index < -0.39 is 0 Å². The van der Waals surface area contributed by atoms with E-state index in [1.54, 1.807) is 0 Å². The molecule has 0 amide bonds. The molecule has 3 heteroatoms. The van der Waals surface area contributed by atoms with Gasteiger partial charge in [0.2, 0.25) is 0 Å². The molecule has 0 aromatic carbocycles. The second-order valence-corrected chi connectivity index (χ2v) is 3.65. The van der Waals surface area contributed by atoms with Crippen molar-refractivity contribution in [1.29, 1.82) is 0 Å². The quantitative estimate of drug-likeness (QED) is 0.705. The van der Waals surface area contributed by atoms with E-state index in [2.05, 4.69) is 17.3 Å². The number of imidazole rings is 1. The summed E-state index contributed by atoms with van der Waals surface area (Å²) in [6.07, 6.45) is 7.17. The van der Waals surface area contributed by atoms with Crippen LogP contribution in [0.1, 0.15) is 12.1 Å². The summed E-state index contributed by atoms with van der Waals surface area (Å²) in [6.45, 7) is 1.52. The van der Waals surface area contributed by atoms with Crippen LogP contribution in [0.4, 0.5) is 0 Å². The zero-order valence-corrected chi connectivity index (χ0v) is 8.39. The Hall–Kier alpha value is -1.61. The summed E-state index contributed by atoms with van der Waals surface area (Å²) in [7, 11) is 0. The minimum Gasteiger partial charge on any atom is -0.377 e. The van der Waals surface area contributed by atoms with Gasteiger partial charge in [-0.25, -0.2) is 4.98 Å². The molecule has 2 aromatic heterocycles. The highest BCUT2D eigenvalue weighted by Crippen LogP contribution is 2.20. The molecule has 0 radical (unpaired) electrons. The fraction of sp³-hybridized carbons (Fsp3) is 0.250. The van der Waals surface area contributed by atoms with Gasteiger partial charge in [0.05, 0.1) is 18.9 Å². The van der Waals surface area contributed by atoms with E-state index in [1.807, 2.05) is 28.8 Å². The predicted molar refractivity (Wildman–Crippen MR) is 58.6 cm³/mol. The van der Waals surface area contributed by atoms with Gasteiger partial charge >= 0.3 is 0 Å². The smallest absolute Gasteiger partial charge is 0.137 e. The second-order valence-electron chi connectivity index (χ2n) is 3.65. The largest absolute Gasteiger partial charge is 0.377 e. The van der Waals surface area contributed by atoms with Crippen molar-refractivity contribution in [1.82, 2.24) is 9.38 Å². The number of fused-ring (bicyclic) bond motifs is 1. The van der Waals surface area contributed by atoms with E-state index in [-0.39, 0.29) is 0 Å². The molecular formula is C12H12N2O. The Morgan fingerprint density at radius 3 is 3.13 bits per heavy atom. The van der Waals surface area contributed by atoms with E-state index in [0.29, 0.717) is 6.61 Å². The standard InChI is InChI=1S/C12H12N2O/c1-2-6-14-9-11(13-12(14)3-1)10-4-7-15-8-5-10/h1-4,6,9H,5,7-8H2. The summed E-state index contributed by atoms with van der Waals surface area (Å²) in [4.78, 5) is 4.58. The number of aromatic nitrogens is 2. The van der Waals surface area contributed by atoms with Gasteiger partial charge in [-0.1, -0.05) is 12.1 Å². The minimum atomic E-state index is 0.712. The lowest BCUT2D eigenvalue weighted by atomic mass is 10.1. The predicted octanol–water partition coefficient (Wildman–Crippen LogP) is 2.14. The molecular weight excluding hydrogens is 188 g/mol. The van der Waals surface area contributed by atoms with Gasteiger partial charge in [0.1, 0.15) is 5.65 Å². The average molecular weight is 200 g/mol. The maximum atomic E-state index is 5.28. The van der Waals surface area contributed by atoms with E-state index in [0.717, 1.165) is 24.4 Å². The van der Waals surface area contributed by atoms with Crippen LogP contribution in [0.5, 0.6) is 0 Å². The summed E-state index contributed by atoms with van der Waals surface area (Å²) in [5.41, 5.74) is 3.37. The molecule has 3 rings (SSSR count). The van der Waals surface area contributed by atoms with E-state index in [1.165, 1.54) is 5.57 Å². The fourth-order valence-electron chi connectivity index (χ4n) is 1.85. The van der Waals surface area contributed by atoms with Crippen molar-refractivity contribution in [2.75, 3.05) is 13.2 Å². The van der Waals surface area contributed by atoms with Gasteiger partial charge in [-0.2, -0.15) is 0 Å². The maximum absolute atomic E-state index is 5.28. The van der Waals surface area contributed by atoms with Crippen LogP contribution in [-0.4, -0.2) is 22.6 Å². The number of rotatable bonds is 1. The molecule has 0 atom stereocenters. The van der Waals surface area contributed by atoms with Gasteiger partial charge in [-0.15, -0.1) is 0 Å². The Balaban J connectivity index is 2.07. The fourth-order valence-corrected chi connectivity index (χ4v) is 1.85. The van der Waals surface area contributed by atoms with Crippen molar-refractivity contribution in [3.63, 3.8) is 0 Å². The highest BCUT2D eigenvalue weighted by Gasteiger charge is 2.09. The zero-order chi connectivity index (χ0) is 10.1. The molecule has 0 fully saturated rings. The number of nitrogens with zero attached hydrogens (tertiary/aromatic N) is 2. The third kappa shape index (κ3) is 1.55. The molecule has 0 bridgehead atoms. The lowest BCUT2D eigenvalue weighted by molar-refractivity contribution is 0.161. The molecule has 1 aliphatic rings. The van der Waals surface area contributed by atoms with Gasteiger partial charge in [-0.05, 0) is 24.1 Å². The Kier molecular flexibility index (Phi) is 2.03. The maximum Gasteiger partial charge on any atom is 0.137 e. The second kappa shape index (κ2) is 3.51. The molecule has 3 nitrogen and oxygen atoms in total. The summed E-state index contributed by atoms with van der Waals surface area (Å²) in [6, 6.07) is 6.03. The Labute approximate surface area is 88.0 Å². The first-order chi connectivity index (χ1) is 7.43. The lowest BCUT2D eigenvalue weighted by Gasteiger charge is -2.10. The van der Waals surface area contributed by atoms with Crippen molar-refractivity contribution >= 4 is 11.2 Å². The van der Waals surface area contributed by atoms with Crippen LogP contribution in [-0.2, 0) is 4.74 Å². The highest BCUT2D eigenvalue weighted by atomic mass is 16.5. The van der Waals surface area contributed by atoms with Crippen molar-refractivity contribution in [3.8, 4) is 0 Å². The van der Waals surface area contributed by atoms with E-state index in [9.17, 15) is 0 Å². The first-order valence-corrected chi connectivity index (χ1v) is 5.14. The molecule has 15 heavy (non-hydrogen) atoms. The molecule has 2 aromatic rings. The summed E-state index contributed by atoms with van der Waals surface area (Å²) in [5.74, 6) is 0. The molecule has 0 N–H and O–H groups in total. The monoisotopic (exact) mass is 200 g/mol. The van der Waals surface area contributed by atoms with E-state index in [4.69, 9.17) is 4.74 Å². The number of hydrogen-bond donors (Lipinski definition) is 0. The number of pyridine rings is 1. The molecule has 0 aliphatic carbocycles. The molecule has 3 heterocycles. The Morgan fingerprint density at radius 1 is 1.33 bits per heavy atom. The first-order valence-electron chi connectivity index (χ1n) is 5.14. The highest BCUT2D eigenvalue weighted by molar-refractivity contribution is 5.65. The van der Waals surface area contributed by atoms with Crippen LogP contribution < -0.4 is 0 Å². The first kappa shape index (κ1) is 8.68. The third-order valence-electron chi connectivity index (χ3n) is 2.66. The van der Waals surface area contributed by atoms with E-state index >= 15 is 0 Å². The SMILES string of the molecule is C1=C(c2cn3ccccc3n2)CCOC1. The lowest BCUT2D eigenvalue weighted by Crippen LogP contribution is -2.03. The normalized spacial score (nSPS) is 16.7. The van der Waals surface area contributed by atoms with Gasteiger partial charge in [-0.3, -0.25) is 0 Å². The van der Waals surface area contributed by atoms with Crippen LogP contribution in [0.25, 0.3) is 11.2 Å². The Morgan fingerprint density at radius 2 is 2.33 bits per heavy atom. The molecule has 0 saturated heterocycles. The van der Waals surface area contributed by atoms with Crippen LogP contribution in [0.15, 0.2) is 36.7 Å². The van der Waals surface area contributed by atoms with Gasteiger partial charge in [0.25, 0.3) is 0 Å². The van der Waals surface area contributed by atoms with Crippen LogP contribution >= 0.6 is 0 Å². The summed E-state index contributed by atoms with van der Waals surface area (Å²) in [5, 5.41) is 0. The van der Waals surface area contributed by atoms with Crippen molar-refractivity contribution in [2.24, 2.45) is 0 Å². The van der Waals surface area contributed by atoms with Crippen molar-refractivity contribution < 1.29 is 4.74 Å². The molecule has 76 valence electrons. The number of hydrogen-bond acceptors (Lipinski definition) is 2. The molecule has 0 unspecified atom stereocenters. The summed E-state index contributed by atoms with van der Waals surface area (Å²) >= 11 is 0. The molecule has 0 spiro atoms. The van der Waals surface area contributed by atoms with Crippen molar-refractivity contribution in [2.45, 2.75) is 6.42 Å². The van der Waals surface area contributed by atoms with Gasteiger partial charge in [0, 0.05) is 12.4 Å². The average Bonchev–Trinajstić information content (AvgIpc) is 2.74. The van der Waals surface area contributed by atoms with Gasteiger partial charge in [0.15, 0.2) is 0 Å². The number of ether oxygens (including phenoxy) is 1. The molecule has 1 aliphatic heterocycles. The van der Waals surface area contributed by atoms with Gasteiger partial charge < -0.3 is 9.14 Å². The van der Waals surface area contributed by atoms with Crippen molar-refractivity contribution in [3.05, 3.63) is 42.4 Å². The minimum absolute atomic E-state index is 0.712. The van der Waals surface area contributed by atoms with Crippen LogP contribution in [0.3, 0.4) is 0 Å².